The van der Waals surface area contributed by atoms with Gasteiger partial charge in [-0.05, 0) is 41.0 Å². The highest BCUT2D eigenvalue weighted by Crippen LogP contribution is 2.48. The van der Waals surface area contributed by atoms with Crippen LogP contribution in [-0.2, 0) is 19.1 Å². The second kappa shape index (κ2) is 8.03. The third kappa shape index (κ3) is 3.69. The third-order valence-electron chi connectivity index (χ3n) is 4.81. The van der Waals surface area contributed by atoms with Crippen LogP contribution in [0.3, 0.4) is 0 Å². The topological polar surface area (TPSA) is 166 Å². The van der Waals surface area contributed by atoms with Crippen molar-refractivity contribution in [3.8, 4) is 0 Å². The smallest absolute Gasteiger partial charge is 0.431 e. The first-order valence-corrected chi connectivity index (χ1v) is 9.26. The van der Waals surface area contributed by atoms with Crippen LogP contribution in [0.1, 0.15) is 41.0 Å². The van der Waals surface area contributed by atoms with E-state index in [1.807, 2.05) is 5.43 Å². The lowest BCUT2D eigenvalue weighted by Crippen LogP contribution is -2.79. The lowest BCUT2D eigenvalue weighted by atomic mass is 9.83. The Hall–Kier alpha value is -2.60. The van der Waals surface area contributed by atoms with E-state index in [4.69, 9.17) is 9.47 Å². The van der Waals surface area contributed by atoms with Gasteiger partial charge >= 0.3 is 18.2 Å². The first kappa shape index (κ1) is 22.7. The summed E-state index contributed by atoms with van der Waals surface area (Å²) in [7, 11) is 0. The summed E-state index contributed by atoms with van der Waals surface area (Å²) in [5.41, 5.74) is -0.660. The Balaban J connectivity index is 2.51. The molecule has 4 N–H and O–H groups in total. The SMILES string of the molecule is CC(C)OC(=O)NN(C(=O)OC(C)C)[C@@]1(C(=O)O)C(O)C[C@@H]2[C@@H]([C@@H](C)O)C(=O)N21. The predicted molar refractivity (Wildman–Crippen MR) is 95.0 cm³/mol. The molecule has 2 saturated heterocycles. The zero-order valence-corrected chi connectivity index (χ0v) is 16.9. The molecule has 3 amide bonds. The highest BCUT2D eigenvalue weighted by molar-refractivity contribution is 5.97. The summed E-state index contributed by atoms with van der Waals surface area (Å²) in [5.74, 6) is -3.46. The Kier molecular flexibility index (Phi) is 6.28. The molecule has 0 aliphatic carbocycles. The number of carbonyl (C=O) groups excluding carboxylic acids is 3. The molecule has 5 atom stereocenters. The van der Waals surface area contributed by atoms with Gasteiger partial charge in [-0.25, -0.2) is 19.8 Å². The van der Waals surface area contributed by atoms with E-state index in [-0.39, 0.29) is 11.4 Å². The molecule has 2 fully saturated rings. The van der Waals surface area contributed by atoms with E-state index in [1.54, 1.807) is 0 Å². The normalized spacial score (nSPS) is 29.2. The van der Waals surface area contributed by atoms with Gasteiger partial charge in [0.05, 0.1) is 30.3 Å². The number of carbonyl (C=O) groups is 4. The lowest BCUT2D eigenvalue weighted by molar-refractivity contribution is -0.202. The fraction of sp³-hybridized carbons (Fsp3) is 0.765. The van der Waals surface area contributed by atoms with E-state index in [1.165, 1.54) is 34.6 Å². The van der Waals surface area contributed by atoms with E-state index in [0.717, 1.165) is 4.90 Å². The summed E-state index contributed by atoms with van der Waals surface area (Å²) in [6, 6.07) is -0.842. The molecule has 12 nitrogen and oxygen atoms in total. The predicted octanol–water partition coefficient (Wildman–Crippen LogP) is -0.364. The number of hydrogen-bond donors (Lipinski definition) is 4. The van der Waals surface area contributed by atoms with Crippen LogP contribution in [0.4, 0.5) is 9.59 Å². The molecule has 0 aromatic carbocycles. The van der Waals surface area contributed by atoms with Crippen LogP contribution in [0.25, 0.3) is 0 Å². The molecule has 0 bridgehead atoms. The first-order valence-electron chi connectivity index (χ1n) is 9.26. The maximum absolute atomic E-state index is 12.7. The zero-order valence-electron chi connectivity index (χ0n) is 16.9. The van der Waals surface area contributed by atoms with Crippen molar-refractivity contribution < 1.29 is 44.0 Å². The lowest BCUT2D eigenvalue weighted by Gasteiger charge is -2.52. The van der Waals surface area contributed by atoms with Crippen molar-refractivity contribution in [2.24, 2.45) is 5.92 Å². The van der Waals surface area contributed by atoms with Crippen LogP contribution in [-0.4, -0.2) is 85.4 Å². The number of ether oxygens (including phenoxy) is 2. The van der Waals surface area contributed by atoms with E-state index in [9.17, 15) is 34.5 Å². The molecule has 0 aromatic heterocycles. The largest absolute Gasteiger partial charge is 0.478 e. The van der Waals surface area contributed by atoms with Gasteiger partial charge in [0, 0.05) is 0 Å². The number of hydrazine groups is 1. The Bertz CT molecular complexity index is 696. The molecule has 164 valence electrons. The highest BCUT2D eigenvalue weighted by atomic mass is 16.6. The molecule has 12 heteroatoms. The van der Waals surface area contributed by atoms with Gasteiger partial charge < -0.3 is 29.7 Å². The Labute approximate surface area is 167 Å². The average Bonchev–Trinajstić information content (AvgIpc) is 2.80. The maximum Gasteiger partial charge on any atom is 0.431 e. The molecule has 0 spiro atoms. The van der Waals surface area contributed by atoms with Crippen LogP contribution in [0.5, 0.6) is 0 Å². The van der Waals surface area contributed by atoms with Gasteiger partial charge in [0.25, 0.3) is 5.66 Å². The molecule has 2 aliphatic heterocycles. The number of aliphatic hydroxyl groups excluding tert-OH is 2. The van der Waals surface area contributed by atoms with Crippen molar-refractivity contribution in [3.63, 3.8) is 0 Å². The number of carboxylic acids is 1. The van der Waals surface area contributed by atoms with Crippen molar-refractivity contribution in [1.82, 2.24) is 15.3 Å². The summed E-state index contributed by atoms with van der Waals surface area (Å²) in [4.78, 5) is 50.6. The van der Waals surface area contributed by atoms with Crippen LogP contribution in [0, 0.1) is 5.92 Å². The van der Waals surface area contributed by atoms with Crippen LogP contribution in [0.2, 0.25) is 0 Å². The number of fused-ring (bicyclic) bond motifs is 1. The Morgan fingerprint density at radius 2 is 1.72 bits per heavy atom. The van der Waals surface area contributed by atoms with Gasteiger partial charge in [-0.3, -0.25) is 4.79 Å². The molecular weight excluding hydrogens is 390 g/mol. The Morgan fingerprint density at radius 1 is 1.17 bits per heavy atom. The molecule has 0 aromatic rings. The fourth-order valence-electron chi connectivity index (χ4n) is 3.78. The quantitative estimate of drug-likeness (QED) is 0.345. The number of amides is 3. The van der Waals surface area contributed by atoms with E-state index < -0.39 is 66.1 Å². The molecule has 2 heterocycles. The highest BCUT2D eigenvalue weighted by Gasteiger charge is 2.73. The number of hydrogen-bond acceptors (Lipinski definition) is 8. The molecule has 2 aliphatic rings. The fourth-order valence-corrected chi connectivity index (χ4v) is 3.78. The van der Waals surface area contributed by atoms with Gasteiger partial charge in [0.1, 0.15) is 6.10 Å². The second-order valence-corrected chi connectivity index (χ2v) is 7.66. The maximum atomic E-state index is 12.7. The first-order chi connectivity index (χ1) is 13.3. The summed E-state index contributed by atoms with van der Waals surface area (Å²) in [6.45, 7) is 7.45. The van der Waals surface area contributed by atoms with Crippen molar-refractivity contribution in [2.75, 3.05) is 0 Å². The van der Waals surface area contributed by atoms with E-state index >= 15 is 0 Å². The van der Waals surface area contributed by atoms with E-state index in [0.29, 0.717) is 0 Å². The molecule has 0 saturated carbocycles. The average molecular weight is 417 g/mol. The minimum absolute atomic E-state index is 0.222. The van der Waals surface area contributed by atoms with Crippen molar-refractivity contribution >= 4 is 24.1 Å². The molecular formula is C17H27N3O9. The van der Waals surface area contributed by atoms with E-state index in [2.05, 4.69) is 0 Å². The molecule has 29 heavy (non-hydrogen) atoms. The van der Waals surface area contributed by atoms with Gasteiger partial charge in [-0.1, -0.05) is 0 Å². The van der Waals surface area contributed by atoms with Crippen molar-refractivity contribution in [1.29, 1.82) is 0 Å². The standard InChI is InChI=1S/C17H27N3O9/c1-7(2)28-15(26)18-20(16(27)29-8(3)4)17(14(24)25)11(22)6-10-12(9(5)21)13(23)19(10)17/h7-12,21-22H,6H2,1-5H3,(H,18,26)(H,24,25)/t9-,10-,11?,12-,17-/m1/s1. The number of carboxylic acid groups (broad SMARTS) is 1. The van der Waals surface area contributed by atoms with Crippen molar-refractivity contribution in [2.45, 2.75) is 77.2 Å². The molecule has 1 unspecified atom stereocenters. The van der Waals surface area contributed by atoms with Crippen LogP contribution in [0.15, 0.2) is 0 Å². The van der Waals surface area contributed by atoms with Gasteiger partial charge in [-0.15, -0.1) is 0 Å². The minimum Gasteiger partial charge on any atom is -0.478 e. The number of β-lactam (4-membered cyclic amide) rings is 1. The number of rotatable bonds is 5. The zero-order chi connectivity index (χ0) is 22.3. The number of aliphatic hydroxyl groups is 2. The Morgan fingerprint density at radius 3 is 2.17 bits per heavy atom. The van der Waals surface area contributed by atoms with Gasteiger partial charge in [0.2, 0.25) is 5.91 Å². The summed E-state index contributed by atoms with van der Waals surface area (Å²) < 4.78 is 9.93. The molecule has 0 radical (unpaired) electrons. The number of aliphatic carboxylic acids is 1. The second-order valence-electron chi connectivity index (χ2n) is 7.66. The third-order valence-corrected chi connectivity index (χ3v) is 4.81. The molecule has 2 rings (SSSR count). The summed E-state index contributed by atoms with van der Waals surface area (Å²) in [6.07, 6.45) is -6.82. The van der Waals surface area contributed by atoms with Crippen LogP contribution < -0.4 is 5.43 Å². The van der Waals surface area contributed by atoms with Gasteiger partial charge in [0.15, 0.2) is 0 Å². The van der Waals surface area contributed by atoms with Crippen LogP contribution >= 0.6 is 0 Å². The summed E-state index contributed by atoms with van der Waals surface area (Å²) in [5, 5.41) is 30.8. The monoisotopic (exact) mass is 417 g/mol. The summed E-state index contributed by atoms with van der Waals surface area (Å²) >= 11 is 0. The number of nitrogens with zero attached hydrogens (tertiary/aromatic N) is 2. The minimum atomic E-state index is -2.66. The van der Waals surface area contributed by atoms with Gasteiger partial charge in [-0.2, -0.15) is 5.01 Å². The van der Waals surface area contributed by atoms with Crippen molar-refractivity contribution in [3.05, 3.63) is 0 Å². The number of nitrogens with one attached hydrogen (secondary N) is 1.